The lowest BCUT2D eigenvalue weighted by molar-refractivity contribution is 0.0910. The zero-order chi connectivity index (χ0) is 11.6. The smallest absolute Gasteiger partial charge is 0.287 e. The van der Waals surface area contributed by atoms with Gasteiger partial charge in [0, 0.05) is 12.3 Å². The van der Waals surface area contributed by atoms with E-state index in [1.165, 1.54) is 12.1 Å². The lowest BCUT2D eigenvalue weighted by Gasteiger charge is -2.05. The summed E-state index contributed by atoms with van der Waals surface area (Å²) >= 11 is 0. The summed E-state index contributed by atoms with van der Waals surface area (Å²) < 4.78 is 27.0. The fourth-order valence-electron chi connectivity index (χ4n) is 0.975. The molecule has 0 aliphatic heterocycles. The first-order valence-electron chi connectivity index (χ1n) is 4.41. The molecule has 0 spiro atoms. The zero-order valence-electron chi connectivity index (χ0n) is 8.77. The van der Waals surface area contributed by atoms with Gasteiger partial charge in [0.2, 0.25) is 14.9 Å². The van der Waals surface area contributed by atoms with Crippen molar-refractivity contribution < 1.29 is 17.6 Å². The lowest BCUT2D eigenvalue weighted by atomic mass is 10.3. The quantitative estimate of drug-likeness (QED) is 0.835. The van der Waals surface area contributed by atoms with Gasteiger partial charge in [0.1, 0.15) is 0 Å². The van der Waals surface area contributed by atoms with E-state index in [9.17, 15) is 13.2 Å². The number of nitrogens with one attached hydrogen (secondary N) is 1. The molecule has 0 aliphatic carbocycles. The number of rotatable bonds is 3. The van der Waals surface area contributed by atoms with E-state index in [4.69, 9.17) is 4.42 Å². The van der Waals surface area contributed by atoms with Gasteiger partial charge >= 0.3 is 0 Å². The second-order valence-corrected chi connectivity index (χ2v) is 5.47. The molecule has 84 valence electrons. The molecule has 1 rings (SSSR count). The summed E-state index contributed by atoms with van der Waals surface area (Å²) in [6, 6.07) is 2.59. The monoisotopic (exact) mass is 231 g/mol. The van der Waals surface area contributed by atoms with Gasteiger partial charge in [0.15, 0.2) is 5.76 Å². The number of carbonyl (C=O) groups excluding carboxylic acids is 1. The van der Waals surface area contributed by atoms with Crippen molar-refractivity contribution in [3.8, 4) is 0 Å². The van der Waals surface area contributed by atoms with Crippen LogP contribution in [0.5, 0.6) is 0 Å². The molecule has 1 heterocycles. The summed E-state index contributed by atoms with van der Waals surface area (Å²) in [4.78, 5) is 11.4. The van der Waals surface area contributed by atoms with Gasteiger partial charge in [-0.05, 0) is 26.0 Å². The van der Waals surface area contributed by atoms with Crippen molar-refractivity contribution in [3.05, 3.63) is 17.9 Å². The topological polar surface area (TPSA) is 76.4 Å². The Morgan fingerprint density at radius 3 is 2.40 bits per heavy atom. The number of furan rings is 1. The van der Waals surface area contributed by atoms with Crippen LogP contribution in [-0.4, -0.2) is 26.6 Å². The standard InChI is InChI=1S/C9H13NO4S/c1-6(2)10-9(11)7-4-5-8(14-7)15(3,12)13/h4-6H,1-3H3,(H,10,11). The van der Waals surface area contributed by atoms with Crippen LogP contribution in [-0.2, 0) is 9.84 Å². The minimum atomic E-state index is -3.39. The van der Waals surface area contributed by atoms with Crippen molar-refractivity contribution in [2.24, 2.45) is 0 Å². The second-order valence-electron chi connectivity index (χ2n) is 3.52. The van der Waals surface area contributed by atoms with Crippen molar-refractivity contribution in [1.82, 2.24) is 5.32 Å². The molecule has 1 aromatic heterocycles. The number of amides is 1. The van der Waals surface area contributed by atoms with Crippen molar-refractivity contribution in [1.29, 1.82) is 0 Å². The van der Waals surface area contributed by atoms with Gasteiger partial charge in [-0.3, -0.25) is 4.79 Å². The summed E-state index contributed by atoms with van der Waals surface area (Å²) in [5.74, 6) is -0.413. The number of hydrogen-bond donors (Lipinski definition) is 1. The second kappa shape index (κ2) is 4.06. The Bertz CT molecular complexity index is 458. The van der Waals surface area contributed by atoms with Crippen LogP contribution in [0.4, 0.5) is 0 Å². The highest BCUT2D eigenvalue weighted by atomic mass is 32.2. The molecule has 0 aromatic carbocycles. The van der Waals surface area contributed by atoms with Crippen LogP contribution in [0.2, 0.25) is 0 Å². The van der Waals surface area contributed by atoms with Crippen LogP contribution in [0.25, 0.3) is 0 Å². The molecular weight excluding hydrogens is 218 g/mol. The van der Waals surface area contributed by atoms with E-state index >= 15 is 0 Å². The minimum Gasteiger partial charge on any atom is -0.440 e. The van der Waals surface area contributed by atoms with Crippen LogP contribution >= 0.6 is 0 Å². The van der Waals surface area contributed by atoms with E-state index in [1.807, 2.05) is 0 Å². The Kier molecular flexibility index (Phi) is 3.18. The van der Waals surface area contributed by atoms with E-state index in [-0.39, 0.29) is 16.9 Å². The fourth-order valence-corrected chi connectivity index (χ4v) is 1.53. The van der Waals surface area contributed by atoms with Crippen LogP contribution in [0.15, 0.2) is 21.6 Å². The van der Waals surface area contributed by atoms with E-state index in [1.54, 1.807) is 13.8 Å². The van der Waals surface area contributed by atoms with Gasteiger partial charge < -0.3 is 9.73 Å². The average molecular weight is 231 g/mol. The first kappa shape index (κ1) is 11.8. The third-order valence-corrected chi connectivity index (χ3v) is 2.54. The SMILES string of the molecule is CC(C)NC(=O)c1ccc(S(C)(=O)=O)o1. The molecule has 0 saturated heterocycles. The van der Waals surface area contributed by atoms with E-state index < -0.39 is 15.7 Å². The van der Waals surface area contributed by atoms with Gasteiger partial charge in [0.05, 0.1) is 0 Å². The Labute approximate surface area is 88.4 Å². The Morgan fingerprint density at radius 1 is 1.40 bits per heavy atom. The van der Waals surface area contributed by atoms with Crippen molar-refractivity contribution in [2.45, 2.75) is 25.0 Å². The maximum atomic E-state index is 11.4. The van der Waals surface area contributed by atoms with Gasteiger partial charge in [-0.25, -0.2) is 8.42 Å². The highest BCUT2D eigenvalue weighted by Crippen LogP contribution is 2.13. The molecule has 0 radical (unpaired) electrons. The predicted molar refractivity (Wildman–Crippen MR) is 54.4 cm³/mol. The molecule has 5 nitrogen and oxygen atoms in total. The van der Waals surface area contributed by atoms with E-state index in [0.717, 1.165) is 6.26 Å². The maximum Gasteiger partial charge on any atom is 0.287 e. The highest BCUT2D eigenvalue weighted by Gasteiger charge is 2.17. The van der Waals surface area contributed by atoms with Crippen LogP contribution in [0, 0.1) is 0 Å². The Morgan fingerprint density at radius 2 is 2.00 bits per heavy atom. The first-order chi connectivity index (χ1) is 6.80. The van der Waals surface area contributed by atoms with Gasteiger partial charge in [-0.15, -0.1) is 0 Å². The summed E-state index contributed by atoms with van der Waals surface area (Å²) in [5, 5.41) is 2.40. The summed E-state index contributed by atoms with van der Waals surface area (Å²) in [6.07, 6.45) is 1.02. The first-order valence-corrected chi connectivity index (χ1v) is 6.30. The van der Waals surface area contributed by atoms with Crippen LogP contribution < -0.4 is 5.32 Å². The molecule has 0 bridgehead atoms. The van der Waals surface area contributed by atoms with Crippen LogP contribution in [0.3, 0.4) is 0 Å². The third-order valence-electron chi connectivity index (χ3n) is 1.59. The van der Waals surface area contributed by atoms with Gasteiger partial charge in [0.25, 0.3) is 5.91 Å². The molecule has 1 aromatic rings. The molecule has 0 fully saturated rings. The molecule has 0 saturated carbocycles. The van der Waals surface area contributed by atoms with E-state index in [0.29, 0.717) is 0 Å². The van der Waals surface area contributed by atoms with Crippen molar-refractivity contribution in [3.63, 3.8) is 0 Å². The zero-order valence-corrected chi connectivity index (χ0v) is 9.59. The fraction of sp³-hybridized carbons (Fsp3) is 0.444. The van der Waals surface area contributed by atoms with Gasteiger partial charge in [-0.2, -0.15) is 0 Å². The van der Waals surface area contributed by atoms with E-state index in [2.05, 4.69) is 5.32 Å². The van der Waals surface area contributed by atoms with Crippen LogP contribution in [0.1, 0.15) is 24.4 Å². The third kappa shape index (κ3) is 3.09. The van der Waals surface area contributed by atoms with Gasteiger partial charge in [-0.1, -0.05) is 0 Å². The molecule has 1 amide bonds. The minimum absolute atomic E-state index is 0.00382. The molecular formula is C9H13NO4S. The Hall–Kier alpha value is -1.30. The molecule has 0 atom stereocenters. The summed E-state index contributed by atoms with van der Waals surface area (Å²) in [5.41, 5.74) is 0. The molecule has 0 unspecified atom stereocenters. The number of sulfone groups is 1. The molecule has 0 aliphatic rings. The van der Waals surface area contributed by atoms with Crippen molar-refractivity contribution in [2.75, 3.05) is 6.26 Å². The lowest BCUT2D eigenvalue weighted by Crippen LogP contribution is -2.29. The molecule has 1 N–H and O–H groups in total. The highest BCUT2D eigenvalue weighted by molar-refractivity contribution is 7.90. The Balaban J connectivity index is 2.90. The normalized spacial score (nSPS) is 11.7. The number of hydrogen-bond acceptors (Lipinski definition) is 4. The molecule has 15 heavy (non-hydrogen) atoms. The molecule has 6 heteroatoms. The average Bonchev–Trinajstić information content (AvgIpc) is 2.48. The van der Waals surface area contributed by atoms with Crippen molar-refractivity contribution >= 4 is 15.7 Å². The summed E-state index contributed by atoms with van der Waals surface area (Å²) in [7, 11) is -3.39. The number of carbonyl (C=O) groups is 1. The maximum absolute atomic E-state index is 11.4. The summed E-state index contributed by atoms with van der Waals surface area (Å²) in [6.45, 7) is 3.61. The largest absolute Gasteiger partial charge is 0.440 e. The predicted octanol–water partition coefficient (Wildman–Crippen LogP) is 0.821.